The molecule has 0 amide bonds. The fraction of sp³-hybridized carbons (Fsp3) is 0.462. The summed E-state index contributed by atoms with van der Waals surface area (Å²) in [5.41, 5.74) is -0.214. The molecule has 1 aliphatic rings. The van der Waals surface area contributed by atoms with E-state index >= 15 is 0 Å². The highest BCUT2D eigenvalue weighted by atomic mass is 32.2. The van der Waals surface area contributed by atoms with E-state index in [9.17, 15) is 13.2 Å². The van der Waals surface area contributed by atoms with Gasteiger partial charge in [-0.2, -0.15) is 0 Å². The molecule has 0 spiro atoms. The zero-order valence-electron chi connectivity index (χ0n) is 10.7. The quantitative estimate of drug-likeness (QED) is 0.849. The average Bonchev–Trinajstić information content (AvgIpc) is 2.71. The molecule has 104 valence electrons. The Morgan fingerprint density at radius 2 is 2.11 bits per heavy atom. The third-order valence-corrected chi connectivity index (χ3v) is 3.81. The molecule has 1 aromatic carbocycles. The van der Waals surface area contributed by atoms with E-state index in [1.165, 1.54) is 11.8 Å². The molecule has 0 saturated heterocycles. The molecule has 1 unspecified atom stereocenters. The van der Waals surface area contributed by atoms with Crippen molar-refractivity contribution in [1.82, 2.24) is 0 Å². The van der Waals surface area contributed by atoms with Crippen molar-refractivity contribution in [3.63, 3.8) is 0 Å². The molecule has 1 N–H and O–H groups in total. The van der Waals surface area contributed by atoms with Gasteiger partial charge in [-0.1, -0.05) is 25.6 Å². The van der Waals surface area contributed by atoms with Crippen molar-refractivity contribution >= 4 is 22.6 Å². The summed E-state index contributed by atoms with van der Waals surface area (Å²) >= 11 is 1.48. The summed E-state index contributed by atoms with van der Waals surface area (Å²) in [7, 11) is 0. The van der Waals surface area contributed by atoms with E-state index in [1.807, 2.05) is 0 Å². The van der Waals surface area contributed by atoms with Crippen LogP contribution in [0.5, 0.6) is 0 Å². The van der Waals surface area contributed by atoms with Gasteiger partial charge in [-0.05, 0) is 12.3 Å². The van der Waals surface area contributed by atoms with E-state index in [2.05, 4.69) is 24.2 Å². The molecule has 2 rings (SSSR count). The lowest BCUT2D eigenvalue weighted by Gasteiger charge is -2.11. The van der Waals surface area contributed by atoms with Crippen LogP contribution in [-0.4, -0.2) is 17.0 Å². The van der Waals surface area contributed by atoms with E-state index in [1.54, 1.807) is 0 Å². The van der Waals surface area contributed by atoms with Gasteiger partial charge in [0.1, 0.15) is 5.82 Å². The van der Waals surface area contributed by atoms with Crippen molar-refractivity contribution in [2.45, 2.75) is 25.5 Å². The molecule has 19 heavy (non-hydrogen) atoms. The summed E-state index contributed by atoms with van der Waals surface area (Å²) in [6, 6.07) is 1.45. The monoisotopic (exact) mass is 288 g/mol. The van der Waals surface area contributed by atoms with Gasteiger partial charge in [0.15, 0.2) is 16.8 Å². The summed E-state index contributed by atoms with van der Waals surface area (Å²) in [5, 5.41) is 3.50. The summed E-state index contributed by atoms with van der Waals surface area (Å²) in [5.74, 6) is -2.55. The van der Waals surface area contributed by atoms with E-state index in [0.717, 1.165) is 12.5 Å². The number of hydrogen-bond donors (Lipinski definition) is 1. The molecule has 0 aliphatic carbocycles. The van der Waals surface area contributed by atoms with Gasteiger partial charge in [0.2, 0.25) is 0 Å². The fourth-order valence-electron chi connectivity index (χ4n) is 1.90. The molecule has 0 bridgehead atoms. The number of benzene rings is 1. The average molecular weight is 288 g/mol. The van der Waals surface area contributed by atoms with Gasteiger partial charge in [0, 0.05) is 17.4 Å². The van der Waals surface area contributed by atoms with Crippen LogP contribution >= 0.6 is 11.8 Å². The van der Waals surface area contributed by atoms with Crippen molar-refractivity contribution in [2.75, 3.05) is 11.9 Å². The predicted octanol–water partition coefficient (Wildman–Crippen LogP) is 4.03. The molecule has 0 aromatic heterocycles. The molecule has 1 aliphatic heterocycles. The van der Waals surface area contributed by atoms with Crippen LogP contribution in [-0.2, 0) is 0 Å². The molecule has 0 fully saturated rings. The maximum Gasteiger partial charge on any atom is 0.182 e. The lowest BCUT2D eigenvalue weighted by molar-refractivity contribution is 0.498. The highest BCUT2D eigenvalue weighted by Gasteiger charge is 2.22. The first kappa shape index (κ1) is 14.2. The second kappa shape index (κ2) is 5.86. The standard InChI is InChI=1S/C13H15F3N2S/c1-7(2)3-9-6-17-13(19-9)18-11-5-8(14)4-10(15)12(11)16/h4-5,7,9H,3,6H2,1-2H3,(H,17,18). The maximum atomic E-state index is 13.5. The predicted molar refractivity (Wildman–Crippen MR) is 73.1 cm³/mol. The number of nitrogens with one attached hydrogen (secondary N) is 1. The van der Waals surface area contributed by atoms with E-state index in [-0.39, 0.29) is 5.69 Å². The van der Waals surface area contributed by atoms with Gasteiger partial charge in [-0.25, -0.2) is 13.2 Å². The molecule has 0 radical (unpaired) electrons. The highest BCUT2D eigenvalue weighted by Crippen LogP contribution is 2.28. The van der Waals surface area contributed by atoms with Crippen LogP contribution in [0.4, 0.5) is 18.9 Å². The summed E-state index contributed by atoms with van der Waals surface area (Å²) in [4.78, 5) is 4.22. The van der Waals surface area contributed by atoms with Gasteiger partial charge < -0.3 is 5.32 Å². The first-order chi connectivity index (χ1) is 8.95. The van der Waals surface area contributed by atoms with Crippen molar-refractivity contribution in [2.24, 2.45) is 10.9 Å². The molecular formula is C13H15F3N2S. The minimum atomic E-state index is -1.20. The number of rotatable bonds is 3. The Morgan fingerprint density at radius 3 is 2.79 bits per heavy atom. The summed E-state index contributed by atoms with van der Waals surface area (Å²) < 4.78 is 39.6. The van der Waals surface area contributed by atoms with Crippen molar-refractivity contribution in [3.8, 4) is 0 Å². The number of amidine groups is 1. The number of aliphatic imine (C=N–C) groups is 1. The molecule has 6 heteroatoms. The van der Waals surface area contributed by atoms with Gasteiger partial charge >= 0.3 is 0 Å². The first-order valence-electron chi connectivity index (χ1n) is 6.08. The van der Waals surface area contributed by atoms with Crippen LogP contribution in [0.15, 0.2) is 17.1 Å². The first-order valence-corrected chi connectivity index (χ1v) is 6.96. The van der Waals surface area contributed by atoms with Gasteiger partial charge in [0.25, 0.3) is 0 Å². The van der Waals surface area contributed by atoms with Gasteiger partial charge in [-0.3, -0.25) is 4.99 Å². The Morgan fingerprint density at radius 1 is 1.37 bits per heavy atom. The molecule has 0 saturated carbocycles. The Labute approximate surface area is 114 Å². The van der Waals surface area contributed by atoms with Crippen molar-refractivity contribution in [1.29, 1.82) is 0 Å². The minimum absolute atomic E-state index is 0.214. The summed E-state index contributed by atoms with van der Waals surface area (Å²) in [6.07, 6.45) is 0.999. The Hall–Kier alpha value is -1.17. The maximum absolute atomic E-state index is 13.5. The largest absolute Gasteiger partial charge is 0.332 e. The molecule has 1 heterocycles. The van der Waals surface area contributed by atoms with Crippen LogP contribution in [0.1, 0.15) is 20.3 Å². The molecule has 1 aromatic rings. The molecule has 1 atom stereocenters. The van der Waals surface area contributed by atoms with E-state index in [4.69, 9.17) is 0 Å². The summed E-state index contributed by atoms with van der Waals surface area (Å²) in [6.45, 7) is 4.88. The van der Waals surface area contributed by atoms with Crippen molar-refractivity contribution < 1.29 is 13.2 Å². The van der Waals surface area contributed by atoms with Crippen molar-refractivity contribution in [3.05, 3.63) is 29.6 Å². The lowest BCUT2D eigenvalue weighted by atomic mass is 10.1. The van der Waals surface area contributed by atoms with Gasteiger partial charge in [-0.15, -0.1) is 0 Å². The van der Waals surface area contributed by atoms with Crippen LogP contribution in [0.25, 0.3) is 0 Å². The molecular weight excluding hydrogens is 273 g/mol. The van der Waals surface area contributed by atoms with Crippen LogP contribution in [0.3, 0.4) is 0 Å². The molecule has 2 nitrogen and oxygen atoms in total. The minimum Gasteiger partial charge on any atom is -0.332 e. The number of halogens is 3. The smallest absolute Gasteiger partial charge is 0.182 e. The zero-order chi connectivity index (χ0) is 14.0. The van der Waals surface area contributed by atoms with E-state index in [0.29, 0.717) is 28.9 Å². The number of thioether (sulfide) groups is 1. The number of hydrogen-bond acceptors (Lipinski definition) is 3. The fourth-order valence-corrected chi connectivity index (χ4v) is 3.16. The number of anilines is 1. The second-order valence-electron chi connectivity index (χ2n) is 4.89. The van der Waals surface area contributed by atoms with Crippen LogP contribution in [0, 0.1) is 23.4 Å². The Kier molecular flexibility index (Phi) is 4.39. The SMILES string of the molecule is CC(C)CC1CN=C(Nc2cc(F)cc(F)c2F)S1. The Bertz CT molecular complexity index is 503. The normalized spacial score (nSPS) is 18.8. The van der Waals surface area contributed by atoms with E-state index < -0.39 is 17.5 Å². The number of nitrogens with zero attached hydrogens (tertiary/aromatic N) is 1. The van der Waals surface area contributed by atoms with Crippen LogP contribution < -0.4 is 5.32 Å². The lowest BCUT2D eigenvalue weighted by Crippen LogP contribution is -2.11. The topological polar surface area (TPSA) is 24.4 Å². The van der Waals surface area contributed by atoms with Crippen LogP contribution in [0.2, 0.25) is 0 Å². The van der Waals surface area contributed by atoms with Gasteiger partial charge in [0.05, 0.1) is 12.2 Å². The third kappa shape index (κ3) is 3.65. The third-order valence-electron chi connectivity index (χ3n) is 2.69. The Balaban J connectivity index is 2.03. The second-order valence-corrected chi connectivity index (χ2v) is 6.18. The highest BCUT2D eigenvalue weighted by molar-refractivity contribution is 8.15. The zero-order valence-corrected chi connectivity index (χ0v) is 11.5.